The second kappa shape index (κ2) is 6.51. The summed E-state index contributed by atoms with van der Waals surface area (Å²) in [4.78, 5) is 26.5. The Morgan fingerprint density at radius 1 is 1.21 bits per heavy atom. The van der Waals surface area contributed by atoms with E-state index in [9.17, 15) is 9.59 Å². The van der Waals surface area contributed by atoms with Crippen LogP contribution < -0.4 is 5.32 Å². The lowest BCUT2D eigenvalue weighted by Crippen LogP contribution is -2.27. The van der Waals surface area contributed by atoms with Gasteiger partial charge in [0.25, 0.3) is 0 Å². The van der Waals surface area contributed by atoms with Crippen LogP contribution >= 0.6 is 11.3 Å². The number of nitrogens with one attached hydrogen (secondary N) is 1. The summed E-state index contributed by atoms with van der Waals surface area (Å²) >= 11 is 1.59. The number of aryl methyl sites for hydroxylation is 1. The van der Waals surface area contributed by atoms with E-state index in [0.717, 1.165) is 48.6 Å². The molecule has 3 aliphatic rings. The van der Waals surface area contributed by atoms with E-state index in [-0.39, 0.29) is 17.8 Å². The number of anilines is 1. The van der Waals surface area contributed by atoms with Gasteiger partial charge in [0.2, 0.25) is 5.91 Å². The van der Waals surface area contributed by atoms with Gasteiger partial charge in [-0.25, -0.2) is 4.79 Å². The summed E-state index contributed by atoms with van der Waals surface area (Å²) < 4.78 is 5.27. The van der Waals surface area contributed by atoms with E-state index in [2.05, 4.69) is 5.32 Å². The van der Waals surface area contributed by atoms with Crippen molar-refractivity contribution in [3.63, 3.8) is 0 Å². The molecule has 1 heterocycles. The van der Waals surface area contributed by atoms with Crippen LogP contribution in [0.3, 0.4) is 0 Å². The Balaban J connectivity index is 1.58. The standard InChI is InChI=1S/C19H25NO3S/c1-2-23-19(22)16-13-5-3-4-6-15(13)24-18(16)20-17(21)14-10-11-7-8-12(14)9-11/h11-12,14H,2-10H2,1H3,(H,20,21)/t11-,12+,14+/m0/s1. The first-order valence-corrected chi connectivity index (χ1v) is 10.1. The molecule has 3 atom stereocenters. The Labute approximate surface area is 147 Å². The normalized spacial score (nSPS) is 27.8. The summed E-state index contributed by atoms with van der Waals surface area (Å²) in [7, 11) is 0. The predicted molar refractivity (Wildman–Crippen MR) is 94.5 cm³/mol. The second-order valence-corrected chi connectivity index (χ2v) is 8.51. The van der Waals surface area contributed by atoms with Crippen molar-refractivity contribution in [2.24, 2.45) is 17.8 Å². The predicted octanol–water partition coefficient (Wildman–Crippen LogP) is 4.18. The van der Waals surface area contributed by atoms with E-state index in [0.29, 0.717) is 18.1 Å². The van der Waals surface area contributed by atoms with Gasteiger partial charge in [0.1, 0.15) is 5.00 Å². The van der Waals surface area contributed by atoms with Crippen LogP contribution in [0, 0.1) is 17.8 Å². The maximum Gasteiger partial charge on any atom is 0.341 e. The summed E-state index contributed by atoms with van der Waals surface area (Å²) in [6.07, 6.45) is 8.91. The zero-order chi connectivity index (χ0) is 16.7. The molecular formula is C19H25NO3S. The van der Waals surface area contributed by atoms with E-state index in [1.54, 1.807) is 11.3 Å². The minimum atomic E-state index is -0.278. The number of amides is 1. The number of thiophene rings is 1. The molecule has 4 nitrogen and oxygen atoms in total. The fourth-order valence-corrected chi connectivity index (χ4v) is 6.12. The molecule has 1 aromatic heterocycles. The molecule has 0 radical (unpaired) electrons. The molecule has 2 fully saturated rings. The van der Waals surface area contributed by atoms with Crippen molar-refractivity contribution in [1.82, 2.24) is 0 Å². The molecule has 5 heteroatoms. The van der Waals surface area contributed by atoms with Crippen molar-refractivity contribution >= 4 is 28.2 Å². The zero-order valence-electron chi connectivity index (χ0n) is 14.2. The van der Waals surface area contributed by atoms with Gasteiger partial charge in [-0.2, -0.15) is 0 Å². The van der Waals surface area contributed by atoms with Gasteiger partial charge in [-0.15, -0.1) is 11.3 Å². The highest BCUT2D eigenvalue weighted by Gasteiger charge is 2.43. The minimum absolute atomic E-state index is 0.117. The molecule has 0 unspecified atom stereocenters. The number of ether oxygens (including phenoxy) is 1. The van der Waals surface area contributed by atoms with Crippen LogP contribution in [0.25, 0.3) is 0 Å². The van der Waals surface area contributed by atoms with Gasteiger partial charge in [-0.05, 0) is 69.3 Å². The molecule has 0 saturated heterocycles. The third-order valence-corrected chi connectivity index (χ3v) is 7.17. The highest BCUT2D eigenvalue weighted by molar-refractivity contribution is 7.17. The number of hydrogen-bond acceptors (Lipinski definition) is 4. The Hall–Kier alpha value is -1.36. The third-order valence-electron chi connectivity index (χ3n) is 5.96. The highest BCUT2D eigenvalue weighted by Crippen LogP contribution is 2.49. The van der Waals surface area contributed by atoms with Crippen molar-refractivity contribution in [2.45, 2.75) is 58.3 Å². The highest BCUT2D eigenvalue weighted by atomic mass is 32.1. The zero-order valence-corrected chi connectivity index (χ0v) is 15.0. The van der Waals surface area contributed by atoms with Gasteiger partial charge in [-0.3, -0.25) is 4.79 Å². The monoisotopic (exact) mass is 347 g/mol. The molecular weight excluding hydrogens is 322 g/mol. The molecule has 2 saturated carbocycles. The fraction of sp³-hybridized carbons (Fsp3) is 0.684. The molecule has 0 spiro atoms. The van der Waals surface area contributed by atoms with E-state index in [1.165, 1.54) is 24.1 Å². The molecule has 3 aliphatic carbocycles. The van der Waals surface area contributed by atoms with Crippen LogP contribution in [0.4, 0.5) is 5.00 Å². The first-order chi connectivity index (χ1) is 11.7. The average Bonchev–Trinajstić information content (AvgIpc) is 3.28. The summed E-state index contributed by atoms with van der Waals surface area (Å²) in [5.74, 6) is 1.27. The lowest BCUT2D eigenvalue weighted by Gasteiger charge is -2.20. The fourth-order valence-electron chi connectivity index (χ4n) is 4.84. The largest absolute Gasteiger partial charge is 0.462 e. The van der Waals surface area contributed by atoms with Crippen molar-refractivity contribution in [3.05, 3.63) is 16.0 Å². The summed E-state index contributed by atoms with van der Waals surface area (Å²) in [6.45, 7) is 2.19. The van der Waals surface area contributed by atoms with Gasteiger partial charge in [-0.1, -0.05) is 6.42 Å². The first kappa shape index (κ1) is 16.1. The average molecular weight is 347 g/mol. The van der Waals surface area contributed by atoms with Gasteiger partial charge in [0.05, 0.1) is 12.2 Å². The van der Waals surface area contributed by atoms with Crippen LogP contribution in [0.1, 0.15) is 66.2 Å². The maximum absolute atomic E-state index is 12.8. The molecule has 1 amide bonds. The topological polar surface area (TPSA) is 55.4 Å². The molecule has 1 N–H and O–H groups in total. The van der Waals surface area contributed by atoms with Crippen LogP contribution in [-0.2, 0) is 22.4 Å². The number of rotatable bonds is 4. The van der Waals surface area contributed by atoms with Crippen LogP contribution in [0.2, 0.25) is 0 Å². The quantitative estimate of drug-likeness (QED) is 0.831. The molecule has 4 rings (SSSR count). The smallest absolute Gasteiger partial charge is 0.341 e. The van der Waals surface area contributed by atoms with Gasteiger partial charge < -0.3 is 10.1 Å². The van der Waals surface area contributed by atoms with E-state index in [1.807, 2.05) is 6.92 Å². The second-order valence-electron chi connectivity index (χ2n) is 7.41. The van der Waals surface area contributed by atoms with Gasteiger partial charge in [0, 0.05) is 10.8 Å². The van der Waals surface area contributed by atoms with Crippen molar-refractivity contribution in [1.29, 1.82) is 0 Å². The number of fused-ring (bicyclic) bond motifs is 3. The maximum atomic E-state index is 12.8. The van der Waals surface area contributed by atoms with E-state index < -0.39 is 0 Å². The van der Waals surface area contributed by atoms with E-state index >= 15 is 0 Å². The van der Waals surface area contributed by atoms with Crippen LogP contribution in [0.15, 0.2) is 0 Å². The molecule has 24 heavy (non-hydrogen) atoms. The molecule has 2 bridgehead atoms. The third kappa shape index (κ3) is 2.77. The first-order valence-electron chi connectivity index (χ1n) is 9.30. The Morgan fingerprint density at radius 3 is 2.75 bits per heavy atom. The number of carbonyl (C=O) groups excluding carboxylic acids is 2. The molecule has 0 aromatic carbocycles. The van der Waals surface area contributed by atoms with Crippen LogP contribution in [0.5, 0.6) is 0 Å². The summed E-state index contributed by atoms with van der Waals surface area (Å²) in [5.41, 5.74) is 1.75. The van der Waals surface area contributed by atoms with Gasteiger partial charge in [0.15, 0.2) is 0 Å². The summed E-state index contributed by atoms with van der Waals surface area (Å²) in [5, 5.41) is 3.84. The molecule has 1 aromatic rings. The number of esters is 1. The minimum Gasteiger partial charge on any atom is -0.462 e. The molecule has 0 aliphatic heterocycles. The van der Waals surface area contributed by atoms with Crippen molar-refractivity contribution < 1.29 is 14.3 Å². The van der Waals surface area contributed by atoms with Crippen LogP contribution in [-0.4, -0.2) is 18.5 Å². The van der Waals surface area contributed by atoms with Crippen molar-refractivity contribution in [3.8, 4) is 0 Å². The Kier molecular flexibility index (Phi) is 4.37. The SMILES string of the molecule is CCOC(=O)c1c(NC(=O)[C@@H]2C[C@H]3CC[C@@H]2C3)sc2c1CCCC2. The van der Waals surface area contributed by atoms with Crippen molar-refractivity contribution in [2.75, 3.05) is 11.9 Å². The number of carbonyl (C=O) groups is 2. The van der Waals surface area contributed by atoms with Gasteiger partial charge >= 0.3 is 5.97 Å². The lowest BCUT2D eigenvalue weighted by atomic mass is 9.88. The number of hydrogen-bond donors (Lipinski definition) is 1. The Bertz CT molecular complexity index is 666. The summed E-state index contributed by atoms with van der Waals surface area (Å²) in [6, 6.07) is 0. The molecule has 130 valence electrons. The Morgan fingerprint density at radius 2 is 2.04 bits per heavy atom. The lowest BCUT2D eigenvalue weighted by molar-refractivity contribution is -0.121. The van der Waals surface area contributed by atoms with E-state index in [4.69, 9.17) is 4.74 Å².